The number of carbonyl (C=O) groups excluding carboxylic acids is 1. The molecule has 1 aliphatic rings. The van der Waals surface area contributed by atoms with Gasteiger partial charge in [-0.3, -0.25) is 4.79 Å². The highest BCUT2D eigenvalue weighted by Crippen LogP contribution is 2.30. The van der Waals surface area contributed by atoms with Crippen molar-refractivity contribution in [2.24, 2.45) is 0 Å². The number of rotatable bonds is 4. The first kappa shape index (κ1) is 12.3. The number of halogens is 1. The van der Waals surface area contributed by atoms with Gasteiger partial charge in [-0.1, -0.05) is 0 Å². The average molecular weight is 276 g/mol. The van der Waals surface area contributed by atoms with E-state index in [0.29, 0.717) is 18.2 Å². The summed E-state index contributed by atoms with van der Waals surface area (Å²) in [4.78, 5) is 17.8. The summed E-state index contributed by atoms with van der Waals surface area (Å²) in [7, 11) is 0. The van der Waals surface area contributed by atoms with Gasteiger partial charge in [0.2, 0.25) is 5.95 Å². The molecular weight excluding hydrogens is 263 g/mol. The second-order valence-corrected chi connectivity index (χ2v) is 5.45. The topological polar surface area (TPSA) is 33.2 Å². The highest BCUT2D eigenvalue weighted by Gasteiger charge is 2.33. The van der Waals surface area contributed by atoms with Gasteiger partial charge in [-0.2, -0.15) is 15.7 Å². The van der Waals surface area contributed by atoms with E-state index in [0.717, 1.165) is 18.4 Å². The fourth-order valence-electron chi connectivity index (χ4n) is 2.00. The quantitative estimate of drug-likeness (QED) is 0.804. The molecule has 1 saturated carbocycles. The molecule has 0 N–H and O–H groups in total. The smallest absolute Gasteiger partial charge is 0.255 e. The molecule has 0 aromatic carbocycles. The first-order valence-electron chi connectivity index (χ1n) is 6.17. The van der Waals surface area contributed by atoms with Crippen LogP contribution >= 0.6 is 11.3 Å². The Kier molecular flexibility index (Phi) is 3.29. The molecule has 0 unspecified atom stereocenters. The summed E-state index contributed by atoms with van der Waals surface area (Å²) in [5.41, 5.74) is 1.59. The average Bonchev–Trinajstić information content (AvgIpc) is 3.13. The van der Waals surface area contributed by atoms with Crippen LogP contribution < -0.4 is 0 Å². The number of thiophene rings is 1. The number of amides is 1. The predicted octanol–water partition coefficient (Wildman–Crippen LogP) is 3.09. The molecule has 0 aliphatic heterocycles. The summed E-state index contributed by atoms with van der Waals surface area (Å²) in [5.74, 6) is -0.631. The van der Waals surface area contributed by atoms with Crippen molar-refractivity contribution in [3.05, 3.63) is 52.2 Å². The van der Waals surface area contributed by atoms with E-state index in [1.807, 2.05) is 21.7 Å². The van der Waals surface area contributed by atoms with E-state index in [1.54, 1.807) is 11.3 Å². The molecule has 5 heteroatoms. The Morgan fingerprint density at radius 1 is 1.42 bits per heavy atom. The third-order valence-corrected chi connectivity index (χ3v) is 3.89. The highest BCUT2D eigenvalue weighted by atomic mass is 32.1. The molecule has 19 heavy (non-hydrogen) atoms. The molecule has 2 aromatic rings. The molecular formula is C14H13FN2OS. The summed E-state index contributed by atoms with van der Waals surface area (Å²) >= 11 is 1.62. The van der Waals surface area contributed by atoms with E-state index in [-0.39, 0.29) is 5.91 Å². The van der Waals surface area contributed by atoms with Crippen LogP contribution in [0.3, 0.4) is 0 Å². The van der Waals surface area contributed by atoms with Gasteiger partial charge in [0, 0.05) is 18.8 Å². The predicted molar refractivity (Wildman–Crippen MR) is 71.4 cm³/mol. The molecule has 0 bridgehead atoms. The lowest BCUT2D eigenvalue weighted by atomic mass is 10.2. The molecule has 0 atom stereocenters. The Labute approximate surface area is 114 Å². The lowest BCUT2D eigenvalue weighted by Crippen LogP contribution is -2.32. The van der Waals surface area contributed by atoms with Crippen LogP contribution in [0.15, 0.2) is 35.2 Å². The molecule has 3 rings (SSSR count). The largest absolute Gasteiger partial charge is 0.331 e. The van der Waals surface area contributed by atoms with Gasteiger partial charge in [0.1, 0.15) is 0 Å². The monoisotopic (exact) mass is 276 g/mol. The van der Waals surface area contributed by atoms with Gasteiger partial charge < -0.3 is 4.90 Å². The van der Waals surface area contributed by atoms with E-state index in [1.165, 1.54) is 18.3 Å². The number of hydrogen-bond acceptors (Lipinski definition) is 3. The number of hydrogen-bond donors (Lipinski definition) is 0. The summed E-state index contributed by atoms with van der Waals surface area (Å²) in [6, 6.07) is 5.06. The van der Waals surface area contributed by atoms with Crippen molar-refractivity contribution in [1.82, 2.24) is 9.88 Å². The zero-order valence-corrected chi connectivity index (χ0v) is 11.1. The van der Waals surface area contributed by atoms with Crippen molar-refractivity contribution in [2.45, 2.75) is 25.4 Å². The van der Waals surface area contributed by atoms with Crippen LogP contribution in [0.4, 0.5) is 4.39 Å². The Balaban J connectivity index is 1.79. The summed E-state index contributed by atoms with van der Waals surface area (Å²) in [6.45, 7) is 0.615. The van der Waals surface area contributed by atoms with Crippen LogP contribution in [-0.4, -0.2) is 21.8 Å². The van der Waals surface area contributed by atoms with E-state index in [2.05, 4.69) is 4.98 Å². The Hall–Kier alpha value is -1.75. The summed E-state index contributed by atoms with van der Waals surface area (Å²) in [6.07, 6.45) is 3.40. The van der Waals surface area contributed by atoms with E-state index < -0.39 is 5.95 Å². The Morgan fingerprint density at radius 2 is 2.26 bits per heavy atom. The first-order chi connectivity index (χ1) is 9.24. The van der Waals surface area contributed by atoms with Gasteiger partial charge in [-0.25, -0.2) is 4.98 Å². The van der Waals surface area contributed by atoms with Crippen molar-refractivity contribution >= 4 is 17.2 Å². The van der Waals surface area contributed by atoms with Crippen molar-refractivity contribution in [2.75, 3.05) is 0 Å². The molecule has 0 spiro atoms. The fraction of sp³-hybridized carbons (Fsp3) is 0.286. The molecule has 0 radical (unpaired) electrons. The molecule has 2 heterocycles. The maximum absolute atomic E-state index is 12.8. The van der Waals surface area contributed by atoms with Gasteiger partial charge >= 0.3 is 0 Å². The van der Waals surface area contributed by atoms with Crippen LogP contribution in [0.5, 0.6) is 0 Å². The van der Waals surface area contributed by atoms with Gasteiger partial charge in [0.15, 0.2) is 0 Å². The lowest BCUT2D eigenvalue weighted by molar-refractivity contribution is 0.0729. The SMILES string of the molecule is O=C(c1ccc(F)nc1)N(Cc1ccsc1)C1CC1. The molecule has 2 aromatic heterocycles. The van der Waals surface area contributed by atoms with Crippen LogP contribution in [-0.2, 0) is 6.54 Å². The lowest BCUT2D eigenvalue weighted by Gasteiger charge is -2.21. The Morgan fingerprint density at radius 3 is 2.84 bits per heavy atom. The summed E-state index contributed by atoms with van der Waals surface area (Å²) in [5, 5.41) is 4.05. The third kappa shape index (κ3) is 2.81. The standard InChI is InChI=1S/C14H13FN2OS/c15-13-4-1-11(7-16-13)14(18)17(12-2-3-12)8-10-5-6-19-9-10/h1,4-7,9,12H,2-3,8H2. The van der Waals surface area contributed by atoms with Crippen LogP contribution in [0, 0.1) is 5.95 Å². The first-order valence-corrected chi connectivity index (χ1v) is 7.12. The van der Waals surface area contributed by atoms with Gasteiger partial charge in [-0.05, 0) is 47.4 Å². The van der Waals surface area contributed by atoms with Gasteiger partial charge in [0.25, 0.3) is 5.91 Å². The number of carbonyl (C=O) groups is 1. The summed E-state index contributed by atoms with van der Waals surface area (Å²) < 4.78 is 12.8. The minimum absolute atomic E-state index is 0.0683. The molecule has 1 amide bonds. The molecule has 98 valence electrons. The van der Waals surface area contributed by atoms with Crippen molar-refractivity contribution < 1.29 is 9.18 Å². The zero-order chi connectivity index (χ0) is 13.2. The third-order valence-electron chi connectivity index (χ3n) is 3.16. The Bertz CT molecular complexity index is 564. The van der Waals surface area contributed by atoms with Gasteiger partial charge in [-0.15, -0.1) is 0 Å². The molecule has 0 saturated heterocycles. The maximum Gasteiger partial charge on any atom is 0.255 e. The molecule has 1 aliphatic carbocycles. The van der Waals surface area contributed by atoms with Crippen LogP contribution in [0.1, 0.15) is 28.8 Å². The minimum Gasteiger partial charge on any atom is -0.331 e. The number of aromatic nitrogens is 1. The zero-order valence-electron chi connectivity index (χ0n) is 10.3. The number of nitrogens with zero attached hydrogens (tertiary/aromatic N) is 2. The molecule has 3 nitrogen and oxygen atoms in total. The molecule has 1 fully saturated rings. The second-order valence-electron chi connectivity index (χ2n) is 4.67. The highest BCUT2D eigenvalue weighted by molar-refractivity contribution is 7.07. The van der Waals surface area contributed by atoms with Crippen molar-refractivity contribution in [3.63, 3.8) is 0 Å². The fourth-order valence-corrected chi connectivity index (χ4v) is 2.66. The van der Waals surface area contributed by atoms with Crippen molar-refractivity contribution in [1.29, 1.82) is 0 Å². The normalized spacial score (nSPS) is 14.4. The second kappa shape index (κ2) is 5.09. The van der Waals surface area contributed by atoms with Gasteiger partial charge in [0.05, 0.1) is 5.56 Å². The minimum atomic E-state index is -0.563. The van der Waals surface area contributed by atoms with E-state index >= 15 is 0 Å². The van der Waals surface area contributed by atoms with E-state index in [4.69, 9.17) is 0 Å². The van der Waals surface area contributed by atoms with Crippen LogP contribution in [0.25, 0.3) is 0 Å². The van der Waals surface area contributed by atoms with Crippen molar-refractivity contribution in [3.8, 4) is 0 Å². The van der Waals surface area contributed by atoms with E-state index in [9.17, 15) is 9.18 Å². The number of pyridine rings is 1. The maximum atomic E-state index is 12.8. The van der Waals surface area contributed by atoms with Crippen LogP contribution in [0.2, 0.25) is 0 Å².